The number of pyridine rings is 1. The highest BCUT2D eigenvalue weighted by molar-refractivity contribution is 6.33. The SMILES string of the molecule is CC(C)CNC(=O)c1cc2ccccc2c(-c2ccccc2Cl)n1. The summed E-state index contributed by atoms with van der Waals surface area (Å²) in [7, 11) is 0. The van der Waals surface area contributed by atoms with Gasteiger partial charge in [-0.1, -0.05) is 67.9 Å². The van der Waals surface area contributed by atoms with Gasteiger partial charge in [0.15, 0.2) is 0 Å². The molecule has 3 rings (SSSR count). The summed E-state index contributed by atoms with van der Waals surface area (Å²) in [4.78, 5) is 17.1. The number of carbonyl (C=O) groups is 1. The second kappa shape index (κ2) is 7.02. The number of hydrogen-bond acceptors (Lipinski definition) is 2. The normalized spacial score (nSPS) is 11.0. The Morgan fingerprint density at radius 3 is 2.58 bits per heavy atom. The molecule has 0 aliphatic heterocycles. The smallest absolute Gasteiger partial charge is 0.269 e. The van der Waals surface area contributed by atoms with Crippen molar-refractivity contribution in [3.8, 4) is 11.3 Å². The van der Waals surface area contributed by atoms with Crippen LogP contribution in [0.1, 0.15) is 24.3 Å². The van der Waals surface area contributed by atoms with E-state index < -0.39 is 0 Å². The van der Waals surface area contributed by atoms with Gasteiger partial charge in [0.1, 0.15) is 5.69 Å². The quantitative estimate of drug-likeness (QED) is 0.732. The fraction of sp³-hybridized carbons (Fsp3) is 0.200. The molecule has 0 unspecified atom stereocenters. The van der Waals surface area contributed by atoms with Gasteiger partial charge in [0.05, 0.1) is 5.69 Å². The van der Waals surface area contributed by atoms with Gasteiger partial charge < -0.3 is 5.32 Å². The predicted octanol–water partition coefficient (Wildman–Crippen LogP) is 4.94. The van der Waals surface area contributed by atoms with Gasteiger partial charge in [0.2, 0.25) is 0 Å². The summed E-state index contributed by atoms with van der Waals surface area (Å²) in [5, 5.41) is 5.49. The molecule has 1 N–H and O–H groups in total. The molecule has 0 atom stereocenters. The second-order valence-electron chi connectivity index (χ2n) is 6.16. The molecule has 0 saturated carbocycles. The van der Waals surface area contributed by atoms with Gasteiger partial charge >= 0.3 is 0 Å². The zero-order valence-electron chi connectivity index (χ0n) is 13.7. The Kier molecular flexibility index (Phi) is 4.81. The highest BCUT2D eigenvalue weighted by Crippen LogP contribution is 2.32. The Balaban J connectivity index is 2.14. The molecule has 3 aromatic rings. The lowest BCUT2D eigenvalue weighted by Crippen LogP contribution is -2.28. The van der Waals surface area contributed by atoms with E-state index in [4.69, 9.17) is 11.6 Å². The number of aromatic nitrogens is 1. The molecular weight excluding hydrogens is 320 g/mol. The summed E-state index contributed by atoms with van der Waals surface area (Å²) in [5.74, 6) is 0.222. The van der Waals surface area contributed by atoms with E-state index in [-0.39, 0.29) is 5.91 Å². The first-order valence-corrected chi connectivity index (χ1v) is 8.37. The van der Waals surface area contributed by atoms with Gasteiger partial charge in [-0.25, -0.2) is 4.98 Å². The van der Waals surface area contributed by atoms with Crippen LogP contribution in [0.5, 0.6) is 0 Å². The maximum absolute atomic E-state index is 12.5. The molecule has 0 aliphatic carbocycles. The van der Waals surface area contributed by atoms with Crippen LogP contribution >= 0.6 is 11.6 Å². The van der Waals surface area contributed by atoms with Gasteiger partial charge in [-0.05, 0) is 23.4 Å². The third-order valence-electron chi connectivity index (χ3n) is 3.77. The van der Waals surface area contributed by atoms with Crippen molar-refractivity contribution in [1.29, 1.82) is 0 Å². The fourth-order valence-corrected chi connectivity index (χ4v) is 2.79. The number of rotatable bonds is 4. The standard InChI is InChI=1S/C20H19ClN2O/c1-13(2)12-22-20(24)18-11-14-7-3-4-8-15(14)19(23-18)16-9-5-6-10-17(16)21/h3-11,13H,12H2,1-2H3,(H,22,24). The molecule has 0 radical (unpaired) electrons. The van der Waals surface area contributed by atoms with E-state index in [0.717, 1.165) is 22.0 Å². The average Bonchev–Trinajstić information content (AvgIpc) is 2.59. The van der Waals surface area contributed by atoms with Crippen LogP contribution in [0.15, 0.2) is 54.6 Å². The van der Waals surface area contributed by atoms with E-state index in [9.17, 15) is 4.79 Å². The van der Waals surface area contributed by atoms with E-state index in [2.05, 4.69) is 24.1 Å². The Morgan fingerprint density at radius 1 is 1.12 bits per heavy atom. The minimum Gasteiger partial charge on any atom is -0.350 e. The number of amides is 1. The molecule has 0 aliphatic rings. The highest BCUT2D eigenvalue weighted by atomic mass is 35.5. The molecule has 0 bridgehead atoms. The summed E-state index contributed by atoms with van der Waals surface area (Å²) in [6.45, 7) is 4.74. The molecule has 0 saturated heterocycles. The summed E-state index contributed by atoms with van der Waals surface area (Å²) < 4.78 is 0. The first kappa shape index (κ1) is 16.5. The monoisotopic (exact) mass is 338 g/mol. The summed E-state index contributed by atoms with van der Waals surface area (Å²) >= 11 is 6.35. The first-order valence-electron chi connectivity index (χ1n) is 7.99. The van der Waals surface area contributed by atoms with Crippen LogP contribution in [0.25, 0.3) is 22.0 Å². The van der Waals surface area contributed by atoms with Crippen molar-refractivity contribution in [1.82, 2.24) is 10.3 Å². The Hall–Kier alpha value is -2.39. The van der Waals surface area contributed by atoms with Crippen molar-refractivity contribution in [3.63, 3.8) is 0 Å². The molecular formula is C20H19ClN2O. The van der Waals surface area contributed by atoms with Gasteiger partial charge in [0.25, 0.3) is 5.91 Å². The predicted molar refractivity (Wildman–Crippen MR) is 99.4 cm³/mol. The Morgan fingerprint density at radius 2 is 1.83 bits per heavy atom. The van der Waals surface area contributed by atoms with Crippen molar-refractivity contribution in [2.75, 3.05) is 6.54 Å². The number of hydrogen-bond donors (Lipinski definition) is 1. The molecule has 122 valence electrons. The lowest BCUT2D eigenvalue weighted by molar-refractivity contribution is 0.0944. The lowest BCUT2D eigenvalue weighted by atomic mass is 10.0. The molecule has 0 spiro atoms. The fourth-order valence-electron chi connectivity index (χ4n) is 2.56. The van der Waals surface area contributed by atoms with Crippen LogP contribution in [-0.2, 0) is 0 Å². The van der Waals surface area contributed by atoms with E-state index in [1.165, 1.54) is 0 Å². The molecule has 0 fully saturated rings. The van der Waals surface area contributed by atoms with Gasteiger partial charge in [0, 0.05) is 22.5 Å². The average molecular weight is 339 g/mol. The number of carbonyl (C=O) groups excluding carboxylic acids is 1. The van der Waals surface area contributed by atoms with E-state index >= 15 is 0 Å². The van der Waals surface area contributed by atoms with E-state index in [1.807, 2.05) is 54.6 Å². The van der Waals surface area contributed by atoms with E-state index in [0.29, 0.717) is 23.2 Å². The number of nitrogens with one attached hydrogen (secondary N) is 1. The maximum Gasteiger partial charge on any atom is 0.269 e. The topological polar surface area (TPSA) is 42.0 Å². The van der Waals surface area contributed by atoms with Crippen molar-refractivity contribution in [3.05, 3.63) is 65.3 Å². The Bertz CT molecular complexity index is 890. The number of benzene rings is 2. The number of nitrogens with zero attached hydrogens (tertiary/aromatic N) is 1. The van der Waals surface area contributed by atoms with Crippen LogP contribution in [0.3, 0.4) is 0 Å². The Labute approximate surface area is 146 Å². The third-order valence-corrected chi connectivity index (χ3v) is 4.10. The molecule has 1 aromatic heterocycles. The van der Waals surface area contributed by atoms with Gasteiger partial charge in [-0.2, -0.15) is 0 Å². The number of halogens is 1. The molecule has 4 heteroatoms. The minimum absolute atomic E-state index is 0.164. The van der Waals surface area contributed by atoms with E-state index in [1.54, 1.807) is 0 Å². The van der Waals surface area contributed by atoms with Crippen LogP contribution in [-0.4, -0.2) is 17.4 Å². The second-order valence-corrected chi connectivity index (χ2v) is 6.57. The maximum atomic E-state index is 12.5. The minimum atomic E-state index is -0.164. The lowest BCUT2D eigenvalue weighted by Gasteiger charge is -2.12. The number of fused-ring (bicyclic) bond motifs is 1. The molecule has 1 amide bonds. The molecule has 1 heterocycles. The van der Waals surface area contributed by atoms with Gasteiger partial charge in [-0.15, -0.1) is 0 Å². The largest absolute Gasteiger partial charge is 0.350 e. The van der Waals surface area contributed by atoms with Crippen molar-refractivity contribution < 1.29 is 4.79 Å². The van der Waals surface area contributed by atoms with Crippen LogP contribution in [0.2, 0.25) is 5.02 Å². The molecule has 2 aromatic carbocycles. The first-order chi connectivity index (χ1) is 11.6. The molecule has 24 heavy (non-hydrogen) atoms. The summed E-state index contributed by atoms with van der Waals surface area (Å²) in [6, 6.07) is 17.3. The summed E-state index contributed by atoms with van der Waals surface area (Å²) in [6.07, 6.45) is 0. The third kappa shape index (κ3) is 3.41. The summed E-state index contributed by atoms with van der Waals surface area (Å²) in [5.41, 5.74) is 1.96. The van der Waals surface area contributed by atoms with Crippen LogP contribution in [0.4, 0.5) is 0 Å². The van der Waals surface area contributed by atoms with Crippen LogP contribution < -0.4 is 5.32 Å². The van der Waals surface area contributed by atoms with Crippen molar-refractivity contribution in [2.45, 2.75) is 13.8 Å². The van der Waals surface area contributed by atoms with Crippen molar-refractivity contribution >= 4 is 28.3 Å². The van der Waals surface area contributed by atoms with Crippen LogP contribution in [0, 0.1) is 5.92 Å². The zero-order valence-corrected chi connectivity index (χ0v) is 14.5. The highest BCUT2D eigenvalue weighted by Gasteiger charge is 2.15. The zero-order chi connectivity index (χ0) is 17.1. The molecule has 3 nitrogen and oxygen atoms in total. The van der Waals surface area contributed by atoms with Crippen molar-refractivity contribution in [2.24, 2.45) is 5.92 Å². The van der Waals surface area contributed by atoms with Gasteiger partial charge in [-0.3, -0.25) is 4.79 Å².